The number of ketones is 1. The second-order valence-electron chi connectivity index (χ2n) is 17.7. The Morgan fingerprint density at radius 2 is 1.86 bits per heavy atom. The minimum atomic E-state index is -1.61. The molecule has 6 aliphatic rings. The fourth-order valence-corrected chi connectivity index (χ4v) is 12.2. The van der Waals surface area contributed by atoms with Crippen LogP contribution in [-0.2, 0) is 9.53 Å². The van der Waals surface area contributed by atoms with E-state index in [4.69, 9.17) is 10.5 Å². The number of nitrogens with two attached hydrogens (primary N) is 1. The van der Waals surface area contributed by atoms with E-state index in [2.05, 4.69) is 12.2 Å². The first-order valence-corrected chi connectivity index (χ1v) is 19.7. The molecule has 280 valence electrons. The molecule has 0 bridgehead atoms. The first kappa shape index (κ1) is 37.8. The van der Waals surface area contributed by atoms with E-state index in [9.17, 15) is 35.4 Å². The van der Waals surface area contributed by atoms with Crippen LogP contribution in [0.25, 0.3) is 0 Å². The number of unbranched alkanes of at least 4 members (excludes halogenated alkanes) is 3. The molecular formula is C39H66N2O8. The van der Waals surface area contributed by atoms with Crippen LogP contribution in [0.4, 0.5) is 0 Å². The van der Waals surface area contributed by atoms with Gasteiger partial charge in [0.25, 0.3) is 0 Å². The zero-order valence-electron chi connectivity index (χ0n) is 30.2. The predicted octanol–water partition coefficient (Wildman–Crippen LogP) is 2.94. The number of carbonyl (C=O) groups excluding carboxylic acids is 1. The monoisotopic (exact) mass is 690 g/mol. The van der Waals surface area contributed by atoms with Crippen molar-refractivity contribution in [2.45, 2.75) is 159 Å². The molecule has 10 heteroatoms. The Kier molecular flexibility index (Phi) is 11.2. The van der Waals surface area contributed by atoms with Gasteiger partial charge >= 0.3 is 0 Å². The summed E-state index contributed by atoms with van der Waals surface area (Å²) in [6, 6.07) is 0. The predicted molar refractivity (Wildman–Crippen MR) is 186 cm³/mol. The molecule has 6 rings (SSSR count). The molecule has 2 aliphatic heterocycles. The summed E-state index contributed by atoms with van der Waals surface area (Å²) in [6.07, 6.45) is 9.38. The average molecular weight is 691 g/mol. The summed E-state index contributed by atoms with van der Waals surface area (Å²) < 4.78 is 6.16. The van der Waals surface area contributed by atoms with Crippen LogP contribution < -0.4 is 11.1 Å². The van der Waals surface area contributed by atoms with E-state index in [1.54, 1.807) is 13.0 Å². The number of fused-ring (bicyclic) bond motifs is 5. The van der Waals surface area contributed by atoms with Crippen molar-refractivity contribution in [2.75, 3.05) is 19.8 Å². The maximum absolute atomic E-state index is 14.1. The van der Waals surface area contributed by atoms with Gasteiger partial charge in [0.2, 0.25) is 0 Å². The van der Waals surface area contributed by atoms with Gasteiger partial charge in [-0.3, -0.25) is 4.79 Å². The lowest BCUT2D eigenvalue weighted by Gasteiger charge is -2.62. The highest BCUT2D eigenvalue weighted by molar-refractivity contribution is 5.95. The van der Waals surface area contributed by atoms with Gasteiger partial charge in [-0.05, 0) is 125 Å². The third-order valence-corrected chi connectivity index (χ3v) is 15.2. The number of allylic oxidation sites excluding steroid dienone is 1. The normalized spacial score (nSPS) is 47.1. The van der Waals surface area contributed by atoms with Crippen molar-refractivity contribution in [1.82, 2.24) is 5.32 Å². The molecule has 2 saturated heterocycles. The molecule has 15 unspecified atom stereocenters. The zero-order chi connectivity index (χ0) is 35.4. The highest BCUT2D eigenvalue weighted by atomic mass is 16.5. The van der Waals surface area contributed by atoms with Gasteiger partial charge in [0, 0.05) is 23.9 Å². The van der Waals surface area contributed by atoms with Crippen LogP contribution in [0.3, 0.4) is 0 Å². The molecule has 4 aliphatic carbocycles. The quantitative estimate of drug-likeness (QED) is 0.142. The molecule has 9 N–H and O–H groups in total. The maximum Gasteiger partial charge on any atom is 0.159 e. The second-order valence-corrected chi connectivity index (χ2v) is 17.7. The molecule has 49 heavy (non-hydrogen) atoms. The smallest absolute Gasteiger partial charge is 0.159 e. The summed E-state index contributed by atoms with van der Waals surface area (Å²) >= 11 is 0. The number of rotatable bonds is 12. The molecule has 0 aromatic carbocycles. The summed E-state index contributed by atoms with van der Waals surface area (Å²) in [6.45, 7) is 7.00. The van der Waals surface area contributed by atoms with Crippen LogP contribution in [0.1, 0.15) is 117 Å². The molecular weight excluding hydrogens is 624 g/mol. The molecule has 5 fully saturated rings. The highest BCUT2D eigenvalue weighted by Crippen LogP contribution is 2.69. The fraction of sp³-hybridized carbons (Fsp3) is 0.923. The second kappa shape index (κ2) is 14.5. The van der Waals surface area contributed by atoms with Gasteiger partial charge in [-0.2, -0.15) is 0 Å². The molecule has 15 atom stereocenters. The van der Waals surface area contributed by atoms with Crippen LogP contribution in [0.2, 0.25) is 0 Å². The van der Waals surface area contributed by atoms with Gasteiger partial charge in [-0.15, -0.1) is 0 Å². The number of ether oxygens (including phenoxy) is 1. The fourth-order valence-electron chi connectivity index (χ4n) is 12.2. The lowest BCUT2D eigenvalue weighted by atomic mass is 9.44. The number of hydrogen-bond donors (Lipinski definition) is 8. The van der Waals surface area contributed by atoms with Gasteiger partial charge in [0.05, 0.1) is 42.3 Å². The highest BCUT2D eigenvalue weighted by Gasteiger charge is 2.70. The summed E-state index contributed by atoms with van der Waals surface area (Å²) in [5.74, 6) is -0.851. The number of nitrogens with one attached hydrogen (secondary N) is 1. The molecule has 0 radical (unpaired) electrons. The number of piperidine rings is 1. The Morgan fingerprint density at radius 1 is 1.08 bits per heavy atom. The standard InChI is InChI=1S/C39H66N2O8/c1-4-5-6-7-8-24-22-49-34(25(24)21-42)35(46)37(3,47)32-13-16-39(48)27-17-29(43)28-18-30(44)31(45)19-38(28,26(27)12-14-36(32,39)2)15-11-23-9-10-33(40)41-20-23/h17,23-26,28,30-35,41-42,44-48H,4-16,18-22,40H2,1-3H3. The van der Waals surface area contributed by atoms with Crippen LogP contribution in [0.5, 0.6) is 0 Å². The molecule has 0 spiro atoms. The van der Waals surface area contributed by atoms with E-state index in [0.717, 1.165) is 63.5 Å². The average Bonchev–Trinajstić information content (AvgIpc) is 3.61. The summed E-state index contributed by atoms with van der Waals surface area (Å²) in [5, 5.41) is 72.8. The minimum absolute atomic E-state index is 0.00245. The number of hydrogen-bond acceptors (Lipinski definition) is 10. The first-order chi connectivity index (χ1) is 23.2. The SMILES string of the molecule is CCCCCCC1COC(C(O)C(C)(O)C2CCC3(O)C4=CC(=O)C5CC(O)C(O)CC5(CCC5CCC(N)NC5)C4CCC23C)C1CO. The van der Waals surface area contributed by atoms with Crippen molar-refractivity contribution in [3.05, 3.63) is 11.6 Å². The summed E-state index contributed by atoms with van der Waals surface area (Å²) in [4.78, 5) is 14.1. The molecule has 3 saturated carbocycles. The lowest BCUT2D eigenvalue weighted by molar-refractivity contribution is -0.197. The molecule has 2 heterocycles. The van der Waals surface area contributed by atoms with Gasteiger partial charge < -0.3 is 46.4 Å². The topological polar surface area (TPSA) is 186 Å². The number of aliphatic hydroxyl groups is 6. The van der Waals surface area contributed by atoms with E-state index in [-0.39, 0.29) is 42.7 Å². The van der Waals surface area contributed by atoms with Crippen molar-refractivity contribution < 1.29 is 40.2 Å². The molecule has 10 nitrogen and oxygen atoms in total. The molecule has 0 amide bonds. The van der Waals surface area contributed by atoms with E-state index in [1.807, 2.05) is 6.92 Å². The third kappa shape index (κ3) is 6.41. The van der Waals surface area contributed by atoms with Crippen molar-refractivity contribution in [3.63, 3.8) is 0 Å². The Bertz CT molecular complexity index is 1210. The Morgan fingerprint density at radius 3 is 2.55 bits per heavy atom. The van der Waals surface area contributed by atoms with E-state index >= 15 is 0 Å². The Labute approximate surface area is 293 Å². The largest absolute Gasteiger partial charge is 0.396 e. The van der Waals surface area contributed by atoms with Crippen LogP contribution in [0.15, 0.2) is 11.6 Å². The van der Waals surface area contributed by atoms with Crippen molar-refractivity contribution in [1.29, 1.82) is 0 Å². The van der Waals surface area contributed by atoms with Crippen molar-refractivity contribution in [3.8, 4) is 0 Å². The number of carbonyl (C=O) groups is 1. The van der Waals surface area contributed by atoms with Gasteiger partial charge in [-0.1, -0.05) is 39.5 Å². The van der Waals surface area contributed by atoms with E-state index in [1.165, 1.54) is 6.42 Å². The van der Waals surface area contributed by atoms with Gasteiger partial charge in [0.1, 0.15) is 6.10 Å². The van der Waals surface area contributed by atoms with Crippen LogP contribution in [-0.4, -0.2) is 98.0 Å². The van der Waals surface area contributed by atoms with Crippen LogP contribution in [0, 0.1) is 46.3 Å². The Balaban J connectivity index is 1.25. The maximum atomic E-state index is 14.1. The van der Waals surface area contributed by atoms with Crippen molar-refractivity contribution in [2.24, 2.45) is 52.1 Å². The molecule has 0 aromatic rings. The summed E-state index contributed by atoms with van der Waals surface area (Å²) in [5.41, 5.74) is 2.44. The van der Waals surface area contributed by atoms with Crippen molar-refractivity contribution >= 4 is 5.78 Å². The van der Waals surface area contributed by atoms with E-state index < -0.39 is 58.3 Å². The van der Waals surface area contributed by atoms with Gasteiger partial charge in [-0.25, -0.2) is 0 Å². The molecule has 0 aromatic heterocycles. The van der Waals surface area contributed by atoms with Gasteiger partial charge in [0.15, 0.2) is 5.78 Å². The summed E-state index contributed by atoms with van der Waals surface area (Å²) in [7, 11) is 0. The third-order valence-electron chi connectivity index (χ3n) is 15.2. The zero-order valence-corrected chi connectivity index (χ0v) is 30.2. The van der Waals surface area contributed by atoms with Crippen LogP contribution >= 0.6 is 0 Å². The minimum Gasteiger partial charge on any atom is -0.396 e. The number of aliphatic hydroxyl groups excluding tert-OH is 4. The first-order valence-electron chi connectivity index (χ1n) is 19.7. The Hall–Kier alpha value is -0.950. The van der Waals surface area contributed by atoms with E-state index in [0.29, 0.717) is 44.6 Å². The lowest BCUT2D eigenvalue weighted by Crippen LogP contribution is -2.64.